The summed E-state index contributed by atoms with van der Waals surface area (Å²) in [6.45, 7) is 2.07. The number of nitrogens with zero attached hydrogens (tertiary/aromatic N) is 2. The van der Waals surface area contributed by atoms with E-state index in [-0.39, 0.29) is 11.7 Å². The van der Waals surface area contributed by atoms with E-state index in [2.05, 4.69) is 46.1 Å². The zero-order valence-electron chi connectivity index (χ0n) is 18.9. The topological polar surface area (TPSA) is 92.0 Å². The van der Waals surface area contributed by atoms with Gasteiger partial charge in [-0.3, -0.25) is 0 Å². The Morgan fingerprint density at radius 1 is 1.00 bits per heavy atom. The lowest BCUT2D eigenvalue weighted by atomic mass is 9.83. The van der Waals surface area contributed by atoms with Gasteiger partial charge in [0.25, 0.3) is 0 Å². The van der Waals surface area contributed by atoms with Crippen LogP contribution < -0.4 is 4.74 Å². The second-order valence-corrected chi connectivity index (χ2v) is 8.43. The molecule has 6 nitrogen and oxygen atoms in total. The Kier molecular flexibility index (Phi) is 7.43. The maximum absolute atomic E-state index is 10.7. The van der Waals surface area contributed by atoms with Crippen LogP contribution in [0.2, 0.25) is 5.15 Å². The number of aromatic nitrogens is 1. The average molecular weight is 487 g/mol. The fraction of sp³-hybridized carbons (Fsp3) is 0.107. The number of rotatable bonds is 7. The molecule has 176 valence electrons. The zero-order chi connectivity index (χ0) is 24.8. The molecule has 4 aromatic rings. The molecule has 0 radical (unpaired) electrons. The highest BCUT2D eigenvalue weighted by Gasteiger charge is 2.20. The van der Waals surface area contributed by atoms with Crippen LogP contribution in [-0.4, -0.2) is 27.2 Å². The van der Waals surface area contributed by atoms with Crippen LogP contribution in [0.1, 0.15) is 34.6 Å². The van der Waals surface area contributed by atoms with Crippen LogP contribution in [0, 0.1) is 6.92 Å². The number of hydrogen-bond donors (Lipinski definition) is 2. The number of oxime groups is 1. The van der Waals surface area contributed by atoms with Gasteiger partial charge in [0.05, 0.1) is 5.71 Å². The first-order valence-electron chi connectivity index (χ1n) is 10.9. The van der Waals surface area contributed by atoms with Crippen molar-refractivity contribution in [3.63, 3.8) is 0 Å². The molecule has 7 heteroatoms. The van der Waals surface area contributed by atoms with Crippen molar-refractivity contribution < 1.29 is 19.8 Å². The Balaban J connectivity index is 1.66. The van der Waals surface area contributed by atoms with Crippen molar-refractivity contribution in [2.75, 3.05) is 0 Å². The first-order chi connectivity index (χ1) is 16.9. The minimum atomic E-state index is -1.34. The number of halogens is 1. The summed E-state index contributed by atoms with van der Waals surface area (Å²) < 4.78 is 4.68. The van der Waals surface area contributed by atoms with Crippen LogP contribution in [0.3, 0.4) is 0 Å². The van der Waals surface area contributed by atoms with Gasteiger partial charge in [0.15, 0.2) is 0 Å². The molecule has 0 spiro atoms. The molecular formula is C28H23ClN2O4. The third kappa shape index (κ3) is 5.86. The van der Waals surface area contributed by atoms with Crippen molar-refractivity contribution in [2.24, 2.45) is 5.16 Å². The minimum absolute atomic E-state index is 0.0607. The van der Waals surface area contributed by atoms with Gasteiger partial charge in [-0.15, -0.1) is 0 Å². The molecule has 0 amide bonds. The summed E-state index contributed by atoms with van der Waals surface area (Å²) in [6, 6.07) is 26.7. The molecule has 0 aliphatic carbocycles. The molecule has 4 rings (SSSR count). The molecule has 0 saturated carbocycles. The highest BCUT2D eigenvalue weighted by molar-refractivity contribution is 6.29. The van der Waals surface area contributed by atoms with E-state index in [0.717, 1.165) is 27.8 Å². The van der Waals surface area contributed by atoms with E-state index in [9.17, 15) is 10.0 Å². The van der Waals surface area contributed by atoms with Crippen molar-refractivity contribution in [1.82, 2.24) is 4.98 Å². The van der Waals surface area contributed by atoms with Crippen LogP contribution >= 0.6 is 11.6 Å². The van der Waals surface area contributed by atoms with Gasteiger partial charge in [-0.05, 0) is 59.0 Å². The number of carboxylic acid groups (broad SMARTS) is 1. The van der Waals surface area contributed by atoms with Crippen LogP contribution in [0.4, 0.5) is 4.79 Å². The predicted molar refractivity (Wildman–Crippen MR) is 136 cm³/mol. The average Bonchev–Trinajstić information content (AvgIpc) is 2.86. The van der Waals surface area contributed by atoms with E-state index < -0.39 is 6.16 Å². The van der Waals surface area contributed by atoms with Crippen molar-refractivity contribution in [1.29, 1.82) is 0 Å². The van der Waals surface area contributed by atoms with Gasteiger partial charge in [-0.25, -0.2) is 9.78 Å². The van der Waals surface area contributed by atoms with Gasteiger partial charge in [0.2, 0.25) is 0 Å². The van der Waals surface area contributed by atoms with Crippen LogP contribution in [0.5, 0.6) is 5.75 Å². The van der Waals surface area contributed by atoms with E-state index in [1.54, 1.807) is 30.5 Å². The quantitative estimate of drug-likeness (QED) is 0.0721. The number of benzene rings is 3. The van der Waals surface area contributed by atoms with Crippen molar-refractivity contribution in [2.45, 2.75) is 19.3 Å². The molecule has 35 heavy (non-hydrogen) atoms. The first-order valence-corrected chi connectivity index (χ1v) is 11.3. The fourth-order valence-electron chi connectivity index (χ4n) is 4.10. The van der Waals surface area contributed by atoms with E-state index in [1.165, 1.54) is 0 Å². The summed E-state index contributed by atoms with van der Waals surface area (Å²) in [5, 5.41) is 22.5. The van der Waals surface area contributed by atoms with Gasteiger partial charge in [-0.2, -0.15) is 0 Å². The Morgan fingerprint density at radius 3 is 2.26 bits per heavy atom. The van der Waals surface area contributed by atoms with Crippen molar-refractivity contribution in [3.05, 3.63) is 119 Å². The van der Waals surface area contributed by atoms with E-state index in [1.807, 2.05) is 36.4 Å². The summed E-state index contributed by atoms with van der Waals surface area (Å²) in [5.41, 5.74) is 6.49. The summed E-state index contributed by atoms with van der Waals surface area (Å²) in [5.74, 6) is 0.207. The zero-order valence-corrected chi connectivity index (χ0v) is 19.7. The molecule has 1 heterocycles. The Hall–Kier alpha value is -4.16. The molecule has 0 fully saturated rings. The van der Waals surface area contributed by atoms with Crippen LogP contribution in [0.15, 0.2) is 96.3 Å². The highest BCUT2D eigenvalue weighted by Crippen LogP contribution is 2.33. The second kappa shape index (κ2) is 10.8. The molecule has 1 aromatic heterocycles. The number of carbonyl (C=O) groups is 1. The summed E-state index contributed by atoms with van der Waals surface area (Å²) in [7, 11) is 0. The van der Waals surface area contributed by atoms with Gasteiger partial charge in [0, 0.05) is 24.1 Å². The summed E-state index contributed by atoms with van der Waals surface area (Å²) >= 11 is 6.07. The van der Waals surface area contributed by atoms with Crippen molar-refractivity contribution >= 4 is 23.5 Å². The number of pyridine rings is 1. The molecule has 0 bridgehead atoms. The maximum atomic E-state index is 10.7. The molecule has 1 atom stereocenters. The molecular weight excluding hydrogens is 464 g/mol. The van der Waals surface area contributed by atoms with Gasteiger partial charge in [-0.1, -0.05) is 77.4 Å². The molecule has 0 aliphatic rings. The third-order valence-corrected chi connectivity index (χ3v) is 6.05. The van der Waals surface area contributed by atoms with Gasteiger partial charge < -0.3 is 15.1 Å². The fourth-order valence-corrected chi connectivity index (χ4v) is 4.27. The van der Waals surface area contributed by atoms with E-state index >= 15 is 0 Å². The minimum Gasteiger partial charge on any atom is -0.449 e. The molecule has 2 N–H and O–H groups in total. The summed E-state index contributed by atoms with van der Waals surface area (Å²) in [6.07, 6.45) is 0.708. The first kappa shape index (κ1) is 24.0. The highest BCUT2D eigenvalue weighted by atomic mass is 35.5. The predicted octanol–water partition coefficient (Wildman–Crippen LogP) is 7.17. The third-order valence-electron chi connectivity index (χ3n) is 5.85. The van der Waals surface area contributed by atoms with E-state index in [0.29, 0.717) is 22.8 Å². The normalized spacial score (nSPS) is 12.2. The molecule has 3 aromatic carbocycles. The van der Waals surface area contributed by atoms with Gasteiger partial charge >= 0.3 is 6.16 Å². The van der Waals surface area contributed by atoms with E-state index in [4.69, 9.17) is 16.7 Å². The Bertz CT molecular complexity index is 1350. The molecule has 0 aliphatic heterocycles. The second-order valence-electron chi connectivity index (χ2n) is 8.04. The van der Waals surface area contributed by atoms with Crippen LogP contribution in [-0.2, 0) is 0 Å². The van der Waals surface area contributed by atoms with Crippen LogP contribution in [0.25, 0.3) is 11.1 Å². The smallest absolute Gasteiger partial charge is 0.449 e. The lowest BCUT2D eigenvalue weighted by molar-refractivity contribution is 0.144. The van der Waals surface area contributed by atoms with Crippen molar-refractivity contribution in [3.8, 4) is 16.9 Å². The standard InChI is InChI=1S/C28H23ClN2O4/c1-18-4-2-3-5-24(18)25(17-26(31-34)22-14-15-30-27(29)16-22)21-8-6-19(7-9-21)20-10-12-23(13-11-20)35-28(32)33/h2-16,25,34H,17H2,1H3,(H,32,33)/b31-26+/t25-/m1/s1. The Morgan fingerprint density at radius 2 is 1.66 bits per heavy atom. The SMILES string of the molecule is Cc1ccccc1[C@H](C/C(=N\O)c1ccnc(Cl)c1)c1ccc(-c2ccc(OC(=O)O)cc2)cc1. The maximum Gasteiger partial charge on any atom is 0.511 e. The number of hydrogen-bond acceptors (Lipinski definition) is 5. The van der Waals surface area contributed by atoms with Gasteiger partial charge in [0.1, 0.15) is 10.9 Å². The largest absolute Gasteiger partial charge is 0.511 e. The lowest BCUT2D eigenvalue weighted by Crippen LogP contribution is -2.12. The number of ether oxygens (including phenoxy) is 1. The molecule has 0 unspecified atom stereocenters. The molecule has 0 saturated heterocycles. The lowest BCUT2D eigenvalue weighted by Gasteiger charge is -2.21. The monoisotopic (exact) mass is 486 g/mol. The Labute approximate surface area is 208 Å². The summed E-state index contributed by atoms with van der Waals surface area (Å²) in [4.78, 5) is 14.7. The number of aryl methyl sites for hydroxylation is 1.